The summed E-state index contributed by atoms with van der Waals surface area (Å²) in [6, 6.07) is 8.11. The average Bonchev–Trinajstić information content (AvgIpc) is 3.12. The Hall–Kier alpha value is -2.28. The Kier molecular flexibility index (Phi) is 3.80. The Morgan fingerprint density at radius 2 is 2.00 bits per heavy atom. The minimum atomic E-state index is -0.320. The van der Waals surface area contributed by atoms with Crippen LogP contribution in [0.2, 0.25) is 0 Å². The number of aromatic nitrogens is 4. The fourth-order valence-electron chi connectivity index (χ4n) is 3.93. The van der Waals surface area contributed by atoms with Gasteiger partial charge in [-0.2, -0.15) is 0 Å². The number of amides is 1. The number of tetrazole rings is 1. The lowest BCUT2D eigenvalue weighted by molar-refractivity contribution is -0.122. The quantitative estimate of drug-likeness (QED) is 0.918. The van der Waals surface area contributed by atoms with Gasteiger partial charge in [0.1, 0.15) is 5.82 Å². The number of fused-ring (bicyclic) bond motifs is 2. The highest BCUT2D eigenvalue weighted by molar-refractivity contribution is 6.06. The second-order valence-electron chi connectivity index (χ2n) is 6.73. The lowest BCUT2D eigenvalue weighted by Crippen LogP contribution is -2.46. The number of aryl methyl sites for hydroxylation is 2. The lowest BCUT2D eigenvalue weighted by atomic mass is 9.73. The maximum absolute atomic E-state index is 12.6. The molecule has 1 amide bonds. The van der Waals surface area contributed by atoms with E-state index in [2.05, 4.69) is 31.8 Å². The van der Waals surface area contributed by atoms with E-state index in [0.29, 0.717) is 0 Å². The van der Waals surface area contributed by atoms with E-state index in [9.17, 15) is 4.79 Å². The second-order valence-corrected chi connectivity index (χ2v) is 6.73. The van der Waals surface area contributed by atoms with Gasteiger partial charge in [0, 0.05) is 12.2 Å². The van der Waals surface area contributed by atoms with Crippen LogP contribution in [0.5, 0.6) is 0 Å². The molecule has 0 aliphatic carbocycles. The van der Waals surface area contributed by atoms with Crippen LogP contribution in [0.1, 0.15) is 30.7 Å². The smallest absolute Gasteiger partial charge is 0.235 e. The van der Waals surface area contributed by atoms with Gasteiger partial charge in [-0.3, -0.25) is 4.79 Å². The highest BCUT2D eigenvalue weighted by Crippen LogP contribution is 2.44. The highest BCUT2D eigenvalue weighted by atomic mass is 16.2. The van der Waals surface area contributed by atoms with E-state index in [1.807, 2.05) is 29.8 Å². The van der Waals surface area contributed by atoms with Crippen molar-refractivity contribution in [3.05, 3.63) is 35.7 Å². The van der Waals surface area contributed by atoms with Crippen LogP contribution in [0.3, 0.4) is 0 Å². The molecule has 4 rings (SSSR count). The third kappa shape index (κ3) is 2.49. The van der Waals surface area contributed by atoms with Gasteiger partial charge in [0.05, 0.1) is 5.41 Å². The lowest BCUT2D eigenvalue weighted by Gasteiger charge is -2.38. The summed E-state index contributed by atoms with van der Waals surface area (Å²) in [6.07, 6.45) is 2.79. The van der Waals surface area contributed by atoms with E-state index < -0.39 is 0 Å². The van der Waals surface area contributed by atoms with Crippen LogP contribution >= 0.6 is 0 Å². The summed E-state index contributed by atoms with van der Waals surface area (Å²) in [6.45, 7) is 5.68. The average molecular weight is 326 g/mol. The van der Waals surface area contributed by atoms with Gasteiger partial charge in [0.2, 0.25) is 5.91 Å². The van der Waals surface area contributed by atoms with Gasteiger partial charge in [0.15, 0.2) is 0 Å². The zero-order chi connectivity index (χ0) is 16.6. The minimum Gasteiger partial charge on any atom is -0.325 e. The number of likely N-dealkylation sites (tertiary alicyclic amines) is 1. The number of nitrogens with one attached hydrogen (secondary N) is 1. The third-order valence-electron chi connectivity index (χ3n) is 5.39. The summed E-state index contributed by atoms with van der Waals surface area (Å²) in [5, 5.41) is 14.6. The van der Waals surface area contributed by atoms with Crippen molar-refractivity contribution in [3.8, 4) is 0 Å². The van der Waals surface area contributed by atoms with Crippen molar-refractivity contribution in [1.29, 1.82) is 0 Å². The van der Waals surface area contributed by atoms with Gasteiger partial charge in [-0.25, -0.2) is 4.68 Å². The van der Waals surface area contributed by atoms with Crippen LogP contribution in [0.15, 0.2) is 24.3 Å². The SMILES string of the molecule is Cc1nnnn1CCCN1CCC2(CC1)C(=O)Nc1ccccc12. The molecule has 24 heavy (non-hydrogen) atoms. The monoisotopic (exact) mass is 326 g/mol. The summed E-state index contributed by atoms with van der Waals surface area (Å²) in [5.74, 6) is 1.03. The summed E-state index contributed by atoms with van der Waals surface area (Å²) in [5.41, 5.74) is 1.85. The van der Waals surface area contributed by atoms with Crippen molar-refractivity contribution in [2.75, 3.05) is 25.0 Å². The van der Waals surface area contributed by atoms with Crippen molar-refractivity contribution in [2.45, 2.75) is 38.1 Å². The predicted molar refractivity (Wildman–Crippen MR) is 89.6 cm³/mol. The fourth-order valence-corrected chi connectivity index (χ4v) is 3.93. The Morgan fingerprint density at radius 3 is 2.75 bits per heavy atom. The Morgan fingerprint density at radius 1 is 1.21 bits per heavy atom. The van der Waals surface area contributed by atoms with Crippen LogP contribution in [0, 0.1) is 6.92 Å². The number of benzene rings is 1. The Labute approximate surface area is 141 Å². The number of carbonyl (C=O) groups excluding carboxylic acids is 1. The maximum atomic E-state index is 12.6. The van der Waals surface area contributed by atoms with E-state index in [1.165, 1.54) is 5.56 Å². The molecule has 2 aliphatic rings. The summed E-state index contributed by atoms with van der Waals surface area (Å²) in [7, 11) is 0. The fraction of sp³-hybridized carbons (Fsp3) is 0.529. The first-order chi connectivity index (χ1) is 11.7. The number of rotatable bonds is 4. The number of anilines is 1. The number of nitrogens with zero attached hydrogens (tertiary/aromatic N) is 5. The van der Waals surface area contributed by atoms with Gasteiger partial charge in [-0.05, 0) is 67.9 Å². The van der Waals surface area contributed by atoms with Crippen molar-refractivity contribution >= 4 is 11.6 Å². The molecule has 1 aromatic heterocycles. The molecule has 0 atom stereocenters. The molecule has 2 aromatic rings. The van der Waals surface area contributed by atoms with E-state index in [0.717, 1.165) is 57.0 Å². The topological polar surface area (TPSA) is 75.9 Å². The molecule has 0 bridgehead atoms. The molecule has 0 radical (unpaired) electrons. The normalized spacial score (nSPS) is 19.5. The molecule has 3 heterocycles. The van der Waals surface area contributed by atoms with Crippen molar-refractivity contribution < 1.29 is 4.79 Å². The maximum Gasteiger partial charge on any atom is 0.235 e. The molecule has 1 spiro atoms. The highest BCUT2D eigenvalue weighted by Gasteiger charge is 2.47. The number of para-hydroxylation sites is 1. The summed E-state index contributed by atoms with van der Waals surface area (Å²) >= 11 is 0. The molecule has 2 aliphatic heterocycles. The van der Waals surface area contributed by atoms with E-state index in [1.54, 1.807) is 0 Å². The van der Waals surface area contributed by atoms with Gasteiger partial charge in [-0.15, -0.1) is 5.10 Å². The van der Waals surface area contributed by atoms with Crippen LogP contribution in [0.4, 0.5) is 5.69 Å². The molecule has 0 saturated carbocycles. The van der Waals surface area contributed by atoms with Gasteiger partial charge in [-0.1, -0.05) is 18.2 Å². The molecule has 126 valence electrons. The van der Waals surface area contributed by atoms with Crippen LogP contribution in [0.25, 0.3) is 0 Å². The number of hydrogen-bond donors (Lipinski definition) is 1. The number of carbonyl (C=O) groups is 1. The Balaban J connectivity index is 1.35. The van der Waals surface area contributed by atoms with Crippen LogP contribution in [-0.2, 0) is 16.8 Å². The first-order valence-corrected chi connectivity index (χ1v) is 8.55. The largest absolute Gasteiger partial charge is 0.325 e. The summed E-state index contributed by atoms with van der Waals surface area (Å²) < 4.78 is 1.84. The molecule has 1 N–H and O–H groups in total. The number of piperidine rings is 1. The van der Waals surface area contributed by atoms with Crippen LogP contribution in [-0.4, -0.2) is 50.6 Å². The Bertz CT molecular complexity index is 747. The molecule has 7 heteroatoms. The molecule has 1 aromatic carbocycles. The van der Waals surface area contributed by atoms with Gasteiger partial charge in [0.25, 0.3) is 0 Å². The first kappa shape index (κ1) is 15.3. The van der Waals surface area contributed by atoms with E-state index >= 15 is 0 Å². The van der Waals surface area contributed by atoms with Crippen molar-refractivity contribution in [3.63, 3.8) is 0 Å². The standard InChI is InChI=1S/C17H22N6O/c1-13-19-20-21-23(13)10-4-9-22-11-7-17(8-12-22)14-5-2-3-6-15(14)18-16(17)24/h2-3,5-6H,4,7-12H2,1H3,(H,18,24). The molecular formula is C17H22N6O. The molecule has 1 fully saturated rings. The van der Waals surface area contributed by atoms with E-state index in [4.69, 9.17) is 0 Å². The summed E-state index contributed by atoms with van der Waals surface area (Å²) in [4.78, 5) is 15.0. The second kappa shape index (κ2) is 5.98. The number of hydrogen-bond acceptors (Lipinski definition) is 5. The van der Waals surface area contributed by atoms with Gasteiger partial charge < -0.3 is 10.2 Å². The van der Waals surface area contributed by atoms with Gasteiger partial charge >= 0.3 is 0 Å². The van der Waals surface area contributed by atoms with Crippen LogP contribution < -0.4 is 5.32 Å². The minimum absolute atomic E-state index is 0.174. The molecule has 1 saturated heterocycles. The van der Waals surface area contributed by atoms with E-state index in [-0.39, 0.29) is 11.3 Å². The van der Waals surface area contributed by atoms with Crippen molar-refractivity contribution in [2.24, 2.45) is 0 Å². The first-order valence-electron chi connectivity index (χ1n) is 8.55. The molecule has 7 nitrogen and oxygen atoms in total. The third-order valence-corrected chi connectivity index (χ3v) is 5.39. The molecule has 0 unspecified atom stereocenters. The zero-order valence-corrected chi connectivity index (χ0v) is 13.9. The predicted octanol–water partition coefficient (Wildman–Crippen LogP) is 1.36. The zero-order valence-electron chi connectivity index (χ0n) is 13.9. The molecular weight excluding hydrogens is 304 g/mol. The van der Waals surface area contributed by atoms with Crippen molar-refractivity contribution in [1.82, 2.24) is 25.1 Å².